The Morgan fingerprint density at radius 3 is 2.10 bits per heavy atom. The molecule has 0 spiro atoms. The number of carboxylic acids is 1. The van der Waals surface area contributed by atoms with Crippen molar-refractivity contribution in [3.05, 3.63) is 44.0 Å². The molecule has 3 N–H and O–H groups in total. The van der Waals surface area contributed by atoms with E-state index in [-0.39, 0.29) is 23.0 Å². The van der Waals surface area contributed by atoms with E-state index in [0.29, 0.717) is 6.07 Å². The number of aryl methyl sites for hydroxylation is 1. The first kappa shape index (κ1) is 14.8. The van der Waals surface area contributed by atoms with Gasteiger partial charge in [-0.05, 0) is 24.1 Å². The minimum absolute atomic E-state index is 0.00740. The van der Waals surface area contributed by atoms with Crippen LogP contribution in [0.1, 0.15) is 17.5 Å². The number of alkyl halides is 3. The normalized spacial score (nSPS) is 11.8. The highest BCUT2D eigenvalue weighted by molar-refractivity contribution is 5.76. The third-order valence-corrected chi connectivity index (χ3v) is 2.86. The standard InChI is InChI=1S/C12H9F3N2O4/c13-12(14,15)6-4-8-7(16-10(20)11(21)17-8)3-5(6)1-2-9(18)19/h3-4H,1-2H2,(H,16,20)(H,17,21)(H,18,19). The second-order valence-electron chi connectivity index (χ2n) is 4.35. The molecule has 0 fully saturated rings. The smallest absolute Gasteiger partial charge is 0.416 e. The number of benzene rings is 1. The molecule has 1 aromatic carbocycles. The molecule has 6 nitrogen and oxygen atoms in total. The number of hydrogen-bond acceptors (Lipinski definition) is 3. The van der Waals surface area contributed by atoms with Crippen LogP contribution in [0.3, 0.4) is 0 Å². The molecular formula is C12H9F3N2O4. The highest BCUT2D eigenvalue weighted by Crippen LogP contribution is 2.34. The first-order valence-corrected chi connectivity index (χ1v) is 5.76. The molecule has 0 atom stereocenters. The number of aromatic nitrogens is 2. The van der Waals surface area contributed by atoms with E-state index in [2.05, 4.69) is 4.98 Å². The van der Waals surface area contributed by atoms with Gasteiger partial charge in [0.1, 0.15) is 0 Å². The van der Waals surface area contributed by atoms with E-state index in [0.717, 1.165) is 6.07 Å². The summed E-state index contributed by atoms with van der Waals surface area (Å²) in [6.07, 6.45) is -5.53. The lowest BCUT2D eigenvalue weighted by molar-refractivity contribution is -0.140. The van der Waals surface area contributed by atoms with E-state index in [9.17, 15) is 27.6 Å². The SMILES string of the molecule is O=C(O)CCc1cc2[nH]c(=O)c(=O)[nH]c2cc1C(F)(F)F. The Morgan fingerprint density at radius 2 is 1.62 bits per heavy atom. The summed E-state index contributed by atoms with van der Waals surface area (Å²) in [5, 5.41) is 8.58. The first-order valence-electron chi connectivity index (χ1n) is 5.76. The van der Waals surface area contributed by atoms with Crippen molar-refractivity contribution < 1.29 is 23.1 Å². The summed E-state index contributed by atoms with van der Waals surface area (Å²) < 4.78 is 38.9. The molecular weight excluding hydrogens is 293 g/mol. The number of aromatic amines is 2. The fraction of sp³-hybridized carbons (Fsp3) is 0.250. The molecule has 1 heterocycles. The van der Waals surface area contributed by atoms with E-state index >= 15 is 0 Å². The number of hydrogen-bond donors (Lipinski definition) is 3. The molecule has 0 aliphatic heterocycles. The van der Waals surface area contributed by atoms with Crippen molar-refractivity contribution >= 4 is 17.0 Å². The van der Waals surface area contributed by atoms with Gasteiger partial charge in [0.2, 0.25) is 0 Å². The number of aliphatic carboxylic acids is 1. The Morgan fingerprint density at radius 1 is 1.10 bits per heavy atom. The van der Waals surface area contributed by atoms with Crippen LogP contribution >= 0.6 is 0 Å². The van der Waals surface area contributed by atoms with Crippen molar-refractivity contribution in [2.45, 2.75) is 19.0 Å². The molecule has 0 bridgehead atoms. The number of fused-ring (bicyclic) bond motifs is 1. The van der Waals surface area contributed by atoms with Gasteiger partial charge < -0.3 is 15.1 Å². The average molecular weight is 302 g/mol. The topological polar surface area (TPSA) is 103 Å². The van der Waals surface area contributed by atoms with Crippen LogP contribution in [0.4, 0.5) is 13.2 Å². The summed E-state index contributed by atoms with van der Waals surface area (Å²) in [5.41, 5.74) is -3.53. The molecule has 0 unspecified atom stereocenters. The fourth-order valence-electron chi connectivity index (χ4n) is 1.92. The van der Waals surface area contributed by atoms with Gasteiger partial charge in [0, 0.05) is 6.42 Å². The largest absolute Gasteiger partial charge is 0.481 e. The maximum Gasteiger partial charge on any atom is 0.416 e. The Balaban J connectivity index is 2.68. The maximum absolute atomic E-state index is 13.0. The molecule has 9 heteroatoms. The Bertz CT molecular complexity index is 820. The predicted molar refractivity (Wildman–Crippen MR) is 66.1 cm³/mol. The van der Waals surface area contributed by atoms with Crippen molar-refractivity contribution in [1.82, 2.24) is 9.97 Å². The minimum Gasteiger partial charge on any atom is -0.481 e. The van der Waals surface area contributed by atoms with Crippen LogP contribution in [0.5, 0.6) is 0 Å². The van der Waals surface area contributed by atoms with Crippen LogP contribution in [-0.2, 0) is 17.4 Å². The van der Waals surface area contributed by atoms with E-state index < -0.39 is 35.2 Å². The van der Waals surface area contributed by atoms with Gasteiger partial charge in [0.15, 0.2) is 0 Å². The zero-order chi connectivity index (χ0) is 15.8. The molecule has 0 aliphatic carbocycles. The number of carbonyl (C=O) groups is 1. The summed E-state index contributed by atoms with van der Waals surface area (Å²) >= 11 is 0. The lowest BCUT2D eigenvalue weighted by Gasteiger charge is -2.13. The molecule has 0 amide bonds. The van der Waals surface area contributed by atoms with Crippen molar-refractivity contribution in [3.8, 4) is 0 Å². The third kappa shape index (κ3) is 3.12. The van der Waals surface area contributed by atoms with Gasteiger partial charge in [0.25, 0.3) is 0 Å². The lowest BCUT2D eigenvalue weighted by atomic mass is 10.0. The van der Waals surface area contributed by atoms with Gasteiger partial charge >= 0.3 is 23.3 Å². The number of halogens is 3. The summed E-state index contributed by atoms with van der Waals surface area (Å²) in [4.78, 5) is 37.0. The molecule has 2 aromatic rings. The maximum atomic E-state index is 13.0. The summed E-state index contributed by atoms with van der Waals surface area (Å²) in [6, 6.07) is 1.71. The Hall–Kier alpha value is -2.58. The summed E-state index contributed by atoms with van der Waals surface area (Å²) in [7, 11) is 0. The van der Waals surface area contributed by atoms with Crippen molar-refractivity contribution in [2.75, 3.05) is 0 Å². The second-order valence-corrected chi connectivity index (χ2v) is 4.35. The molecule has 1 aromatic heterocycles. The first-order chi connectivity index (χ1) is 9.68. The molecule has 0 saturated heterocycles. The number of nitrogens with one attached hydrogen (secondary N) is 2. The molecule has 21 heavy (non-hydrogen) atoms. The van der Waals surface area contributed by atoms with E-state index in [4.69, 9.17) is 5.11 Å². The zero-order valence-electron chi connectivity index (χ0n) is 10.4. The highest BCUT2D eigenvalue weighted by Gasteiger charge is 2.33. The van der Waals surface area contributed by atoms with E-state index in [1.165, 1.54) is 0 Å². The number of carboxylic acid groups (broad SMARTS) is 1. The van der Waals surface area contributed by atoms with Gasteiger partial charge in [-0.3, -0.25) is 14.4 Å². The van der Waals surface area contributed by atoms with E-state index in [1.54, 1.807) is 0 Å². The van der Waals surface area contributed by atoms with Crippen LogP contribution in [0.2, 0.25) is 0 Å². The summed E-state index contributed by atoms with van der Waals surface area (Å²) in [5.74, 6) is -1.24. The fourth-order valence-corrected chi connectivity index (χ4v) is 1.92. The van der Waals surface area contributed by atoms with Gasteiger partial charge in [-0.1, -0.05) is 0 Å². The van der Waals surface area contributed by atoms with Gasteiger partial charge in [-0.2, -0.15) is 13.2 Å². The van der Waals surface area contributed by atoms with Crippen molar-refractivity contribution in [1.29, 1.82) is 0 Å². The van der Waals surface area contributed by atoms with Gasteiger partial charge in [-0.25, -0.2) is 0 Å². The Kier molecular flexibility index (Phi) is 3.58. The van der Waals surface area contributed by atoms with Crippen LogP contribution in [-0.4, -0.2) is 21.0 Å². The number of H-pyrrole nitrogens is 2. The average Bonchev–Trinajstić information content (AvgIpc) is 2.35. The van der Waals surface area contributed by atoms with Gasteiger partial charge in [0.05, 0.1) is 16.6 Å². The van der Waals surface area contributed by atoms with Crippen molar-refractivity contribution in [3.63, 3.8) is 0 Å². The second kappa shape index (κ2) is 5.08. The van der Waals surface area contributed by atoms with Crippen molar-refractivity contribution in [2.24, 2.45) is 0 Å². The summed E-state index contributed by atoms with van der Waals surface area (Å²) in [6.45, 7) is 0. The quantitative estimate of drug-likeness (QED) is 0.742. The Labute approximate surface area is 114 Å². The van der Waals surface area contributed by atoms with Crippen LogP contribution < -0.4 is 11.1 Å². The van der Waals surface area contributed by atoms with Gasteiger partial charge in [-0.15, -0.1) is 0 Å². The third-order valence-electron chi connectivity index (χ3n) is 2.86. The molecule has 0 aliphatic rings. The molecule has 0 radical (unpaired) electrons. The predicted octanol–water partition coefficient (Wildman–Crippen LogP) is 1.25. The van der Waals surface area contributed by atoms with Crippen LogP contribution in [0.15, 0.2) is 21.7 Å². The minimum atomic E-state index is -4.70. The highest BCUT2D eigenvalue weighted by atomic mass is 19.4. The zero-order valence-corrected chi connectivity index (χ0v) is 10.4. The van der Waals surface area contributed by atoms with Crippen LogP contribution in [0.25, 0.3) is 11.0 Å². The lowest BCUT2D eigenvalue weighted by Crippen LogP contribution is -2.29. The number of rotatable bonds is 3. The monoisotopic (exact) mass is 302 g/mol. The molecule has 2 rings (SSSR count). The van der Waals surface area contributed by atoms with Crippen LogP contribution in [0, 0.1) is 0 Å². The molecule has 0 saturated carbocycles. The van der Waals surface area contributed by atoms with E-state index in [1.807, 2.05) is 4.98 Å². The molecule has 112 valence electrons.